The summed E-state index contributed by atoms with van der Waals surface area (Å²) in [4.78, 5) is 0. The molecule has 3 heteroatoms. The van der Waals surface area contributed by atoms with E-state index in [1.807, 2.05) is 6.07 Å². The van der Waals surface area contributed by atoms with Gasteiger partial charge in [-0.05, 0) is 42.5 Å². The Labute approximate surface area is 119 Å². The molecule has 1 N–H and O–H groups in total. The van der Waals surface area contributed by atoms with Crippen molar-refractivity contribution >= 4 is 5.71 Å². The molecule has 3 nitrogen and oxygen atoms in total. The van der Waals surface area contributed by atoms with Crippen LogP contribution in [0.5, 0.6) is 5.75 Å². The van der Waals surface area contributed by atoms with Gasteiger partial charge in [0.15, 0.2) is 0 Å². The summed E-state index contributed by atoms with van der Waals surface area (Å²) in [6.45, 7) is 0. The van der Waals surface area contributed by atoms with Crippen LogP contribution in [0.4, 0.5) is 0 Å². The van der Waals surface area contributed by atoms with Gasteiger partial charge in [-0.1, -0.05) is 24.3 Å². The third kappa shape index (κ3) is 1.69. The number of aryl methyl sites for hydroxylation is 1. The zero-order valence-electron chi connectivity index (χ0n) is 11.6. The monoisotopic (exact) mass is 266 g/mol. The summed E-state index contributed by atoms with van der Waals surface area (Å²) in [5.74, 6) is 1.41. The summed E-state index contributed by atoms with van der Waals surface area (Å²) in [5, 5.41) is 4.64. The van der Waals surface area contributed by atoms with Crippen LogP contribution in [0.1, 0.15) is 24.0 Å². The van der Waals surface area contributed by atoms with Gasteiger partial charge in [-0.2, -0.15) is 5.10 Å². The van der Waals surface area contributed by atoms with Crippen LogP contribution in [-0.4, -0.2) is 18.9 Å². The van der Waals surface area contributed by atoms with Gasteiger partial charge >= 0.3 is 0 Å². The summed E-state index contributed by atoms with van der Waals surface area (Å²) < 4.78 is 5.36. The molecule has 0 amide bonds. The van der Waals surface area contributed by atoms with Crippen molar-refractivity contribution in [2.75, 3.05) is 7.11 Å². The topological polar surface area (TPSA) is 33.6 Å². The van der Waals surface area contributed by atoms with Gasteiger partial charge in [-0.15, -0.1) is 0 Å². The van der Waals surface area contributed by atoms with Crippen LogP contribution in [0, 0.1) is 5.92 Å². The van der Waals surface area contributed by atoms with E-state index >= 15 is 0 Å². The summed E-state index contributed by atoms with van der Waals surface area (Å²) in [5.41, 5.74) is 8.68. The van der Waals surface area contributed by atoms with Crippen LogP contribution < -0.4 is 10.2 Å². The minimum absolute atomic E-state index is 0.374. The van der Waals surface area contributed by atoms with Crippen LogP contribution in [0.3, 0.4) is 0 Å². The molecule has 2 aliphatic carbocycles. The Hall–Kier alpha value is -2.03. The smallest absolute Gasteiger partial charge is 0.119 e. The van der Waals surface area contributed by atoms with E-state index in [1.54, 1.807) is 7.11 Å². The van der Waals surface area contributed by atoms with Crippen molar-refractivity contribution < 1.29 is 4.74 Å². The minimum Gasteiger partial charge on any atom is -0.497 e. The van der Waals surface area contributed by atoms with E-state index in [0.29, 0.717) is 12.0 Å². The number of allylic oxidation sites excluding steroid dienone is 3. The molecule has 1 aromatic rings. The highest BCUT2D eigenvalue weighted by Crippen LogP contribution is 2.36. The Bertz CT molecular complexity index is 642. The molecule has 4 rings (SSSR count). The quantitative estimate of drug-likeness (QED) is 0.893. The molecule has 0 fully saturated rings. The first-order valence-electron chi connectivity index (χ1n) is 7.23. The molecular weight excluding hydrogens is 248 g/mol. The maximum absolute atomic E-state index is 5.36. The number of hydrogen-bond donors (Lipinski definition) is 1. The lowest BCUT2D eigenvalue weighted by Crippen LogP contribution is -2.34. The zero-order valence-corrected chi connectivity index (χ0v) is 11.6. The fourth-order valence-electron chi connectivity index (χ4n) is 3.52. The molecule has 1 heterocycles. The number of fused-ring (bicyclic) bond motifs is 3. The fourth-order valence-corrected chi connectivity index (χ4v) is 3.52. The van der Waals surface area contributed by atoms with Gasteiger partial charge in [-0.25, -0.2) is 0 Å². The molecule has 2 atom stereocenters. The number of benzene rings is 1. The third-order valence-corrected chi connectivity index (χ3v) is 4.59. The zero-order chi connectivity index (χ0) is 13.5. The standard InChI is InChI=1S/C17H18N2O/c1-20-13-8-6-11-7-9-14-16(12-4-2-3-5-12)18-19-17(14)15(11)10-13/h2-4,6,8,10,14,16,18H,5,7,9H2,1H3. The first kappa shape index (κ1) is 11.8. The lowest BCUT2D eigenvalue weighted by molar-refractivity contribution is 0.414. The van der Waals surface area contributed by atoms with Crippen molar-refractivity contribution in [1.29, 1.82) is 0 Å². The molecule has 0 spiro atoms. The third-order valence-electron chi connectivity index (χ3n) is 4.59. The van der Waals surface area contributed by atoms with Crippen molar-refractivity contribution in [3.8, 4) is 5.75 Å². The largest absolute Gasteiger partial charge is 0.497 e. The number of nitrogens with one attached hydrogen (secondary N) is 1. The lowest BCUT2D eigenvalue weighted by Gasteiger charge is -2.27. The van der Waals surface area contributed by atoms with Crippen molar-refractivity contribution in [1.82, 2.24) is 5.43 Å². The van der Waals surface area contributed by atoms with E-state index in [0.717, 1.165) is 18.6 Å². The van der Waals surface area contributed by atoms with Crippen molar-refractivity contribution in [2.24, 2.45) is 11.0 Å². The van der Waals surface area contributed by atoms with Gasteiger partial charge in [0.05, 0.1) is 18.9 Å². The number of hydrogen-bond acceptors (Lipinski definition) is 3. The SMILES string of the molecule is COc1ccc2c(c1)C1=NNC(C3=CC=CC3)C1CC2. The second-order valence-electron chi connectivity index (χ2n) is 5.65. The molecule has 0 saturated heterocycles. The van der Waals surface area contributed by atoms with Gasteiger partial charge in [0.25, 0.3) is 0 Å². The Kier molecular flexibility index (Phi) is 2.66. The number of rotatable bonds is 2. The van der Waals surface area contributed by atoms with Crippen LogP contribution in [-0.2, 0) is 6.42 Å². The van der Waals surface area contributed by atoms with E-state index in [-0.39, 0.29) is 0 Å². The average Bonchev–Trinajstić information content (AvgIpc) is 3.15. The van der Waals surface area contributed by atoms with Crippen LogP contribution in [0.15, 0.2) is 47.1 Å². The average molecular weight is 266 g/mol. The predicted octanol–water partition coefficient (Wildman–Crippen LogP) is 2.82. The van der Waals surface area contributed by atoms with Crippen molar-refractivity contribution in [3.63, 3.8) is 0 Å². The molecule has 0 bridgehead atoms. The fraction of sp³-hybridized carbons (Fsp3) is 0.353. The van der Waals surface area contributed by atoms with E-state index in [9.17, 15) is 0 Å². The van der Waals surface area contributed by atoms with Gasteiger partial charge in [0.2, 0.25) is 0 Å². The lowest BCUT2D eigenvalue weighted by atomic mass is 9.77. The molecule has 0 saturated carbocycles. The molecule has 3 aliphatic rings. The number of methoxy groups -OCH3 is 1. The molecule has 2 unspecified atom stereocenters. The summed E-state index contributed by atoms with van der Waals surface area (Å²) in [6.07, 6.45) is 9.96. The molecule has 1 aliphatic heterocycles. The molecule has 102 valence electrons. The number of hydrazone groups is 1. The molecule has 0 aromatic heterocycles. The highest BCUT2D eigenvalue weighted by Gasteiger charge is 2.37. The van der Waals surface area contributed by atoms with Gasteiger partial charge in [0, 0.05) is 11.5 Å². The first-order valence-corrected chi connectivity index (χ1v) is 7.23. The van der Waals surface area contributed by atoms with E-state index < -0.39 is 0 Å². The maximum atomic E-state index is 5.36. The second-order valence-corrected chi connectivity index (χ2v) is 5.65. The van der Waals surface area contributed by atoms with Gasteiger partial charge in [-0.3, -0.25) is 0 Å². The van der Waals surface area contributed by atoms with E-state index in [4.69, 9.17) is 4.74 Å². The first-order chi connectivity index (χ1) is 9.86. The molecule has 0 radical (unpaired) electrons. The maximum Gasteiger partial charge on any atom is 0.119 e. The highest BCUT2D eigenvalue weighted by atomic mass is 16.5. The molecular formula is C17H18N2O. The van der Waals surface area contributed by atoms with Crippen LogP contribution in [0.2, 0.25) is 0 Å². The highest BCUT2D eigenvalue weighted by molar-refractivity contribution is 6.06. The predicted molar refractivity (Wildman–Crippen MR) is 80.1 cm³/mol. The Morgan fingerprint density at radius 3 is 3.10 bits per heavy atom. The minimum atomic E-state index is 0.374. The number of nitrogens with zero attached hydrogens (tertiary/aromatic N) is 1. The Morgan fingerprint density at radius 2 is 2.30 bits per heavy atom. The van der Waals surface area contributed by atoms with Crippen molar-refractivity contribution in [2.45, 2.75) is 25.3 Å². The second kappa shape index (κ2) is 4.51. The molecule has 20 heavy (non-hydrogen) atoms. The van der Waals surface area contributed by atoms with Crippen LogP contribution in [0.25, 0.3) is 0 Å². The number of ether oxygens (including phenoxy) is 1. The Balaban J connectivity index is 1.69. The van der Waals surface area contributed by atoms with Gasteiger partial charge in [0.1, 0.15) is 5.75 Å². The Morgan fingerprint density at radius 1 is 1.35 bits per heavy atom. The molecule has 1 aromatic carbocycles. The summed E-state index contributed by atoms with van der Waals surface area (Å²) in [7, 11) is 1.72. The van der Waals surface area contributed by atoms with E-state index in [2.05, 4.69) is 40.9 Å². The normalized spacial score (nSPS) is 26.4. The van der Waals surface area contributed by atoms with Gasteiger partial charge < -0.3 is 10.2 Å². The van der Waals surface area contributed by atoms with E-state index in [1.165, 1.54) is 28.8 Å². The summed E-state index contributed by atoms with van der Waals surface area (Å²) in [6, 6.07) is 6.73. The van der Waals surface area contributed by atoms with Crippen LogP contribution >= 0.6 is 0 Å². The van der Waals surface area contributed by atoms with Crippen molar-refractivity contribution in [3.05, 3.63) is 53.1 Å². The summed E-state index contributed by atoms with van der Waals surface area (Å²) >= 11 is 0.